The summed E-state index contributed by atoms with van der Waals surface area (Å²) < 4.78 is 6.23. The fourth-order valence-corrected chi connectivity index (χ4v) is 1.84. The zero-order valence-corrected chi connectivity index (χ0v) is 11.5. The molecule has 0 saturated carbocycles. The van der Waals surface area contributed by atoms with Crippen molar-refractivity contribution in [2.45, 2.75) is 6.42 Å². The van der Waals surface area contributed by atoms with Gasteiger partial charge in [0.15, 0.2) is 0 Å². The fraction of sp³-hybridized carbons (Fsp3) is 0.300. The van der Waals surface area contributed by atoms with Crippen molar-refractivity contribution in [3.8, 4) is 5.75 Å². The van der Waals surface area contributed by atoms with Crippen LogP contribution in [0, 0.1) is 3.57 Å². The van der Waals surface area contributed by atoms with Crippen molar-refractivity contribution in [1.29, 1.82) is 0 Å². The minimum Gasteiger partial charge on any atom is -0.496 e. The average Bonchev–Trinajstić information content (AvgIpc) is 2.20. The molecular weight excluding hydrogens is 359 g/mol. The minimum absolute atomic E-state index is 0.174. The van der Waals surface area contributed by atoms with Crippen LogP contribution in [-0.4, -0.2) is 18.2 Å². The van der Waals surface area contributed by atoms with Gasteiger partial charge < -0.3 is 4.74 Å². The highest BCUT2D eigenvalue weighted by Gasteiger charge is 2.05. The van der Waals surface area contributed by atoms with Crippen molar-refractivity contribution in [3.05, 3.63) is 27.3 Å². The molecule has 1 rings (SSSR count). The molecular formula is C10H10BrIO2. The second-order valence-corrected chi connectivity index (χ2v) is 4.54. The number of methoxy groups -OCH3 is 1. The number of ether oxygens (including phenoxy) is 1. The molecule has 4 heteroatoms. The van der Waals surface area contributed by atoms with Crippen LogP contribution >= 0.6 is 38.5 Å². The van der Waals surface area contributed by atoms with Gasteiger partial charge in [0, 0.05) is 6.42 Å². The van der Waals surface area contributed by atoms with E-state index in [1.807, 2.05) is 18.2 Å². The van der Waals surface area contributed by atoms with Gasteiger partial charge in [0.2, 0.25) is 0 Å². The summed E-state index contributed by atoms with van der Waals surface area (Å²) in [7, 11) is 1.63. The molecule has 0 unspecified atom stereocenters. The Hall–Kier alpha value is -0.100. The van der Waals surface area contributed by atoms with Crippen LogP contribution in [0.4, 0.5) is 0 Å². The van der Waals surface area contributed by atoms with Crippen LogP contribution in [0.5, 0.6) is 5.75 Å². The summed E-state index contributed by atoms with van der Waals surface area (Å²) >= 11 is 5.34. The number of rotatable bonds is 4. The largest absolute Gasteiger partial charge is 0.496 e. The van der Waals surface area contributed by atoms with E-state index in [1.165, 1.54) is 0 Å². The van der Waals surface area contributed by atoms with Gasteiger partial charge in [0.1, 0.15) is 11.5 Å². The van der Waals surface area contributed by atoms with Gasteiger partial charge in [-0.1, -0.05) is 22.0 Å². The zero-order valence-electron chi connectivity index (χ0n) is 7.72. The topological polar surface area (TPSA) is 26.3 Å². The number of carbonyl (C=O) groups excluding carboxylic acids is 1. The third-order valence-corrected chi connectivity index (χ3v) is 3.28. The number of alkyl halides is 1. The molecule has 0 radical (unpaired) electrons. The Morgan fingerprint density at radius 3 is 2.86 bits per heavy atom. The monoisotopic (exact) mass is 368 g/mol. The highest BCUT2D eigenvalue weighted by molar-refractivity contribution is 14.1. The van der Waals surface area contributed by atoms with Gasteiger partial charge in [-0.2, -0.15) is 0 Å². The van der Waals surface area contributed by atoms with E-state index in [-0.39, 0.29) is 5.78 Å². The van der Waals surface area contributed by atoms with Crippen molar-refractivity contribution >= 4 is 44.3 Å². The van der Waals surface area contributed by atoms with Crippen molar-refractivity contribution in [2.75, 3.05) is 12.4 Å². The molecule has 2 nitrogen and oxygen atoms in total. The minimum atomic E-state index is 0.174. The normalized spacial score (nSPS) is 9.93. The summed E-state index contributed by atoms with van der Waals surface area (Å²) in [6, 6.07) is 5.81. The maximum Gasteiger partial charge on any atom is 0.147 e. The lowest BCUT2D eigenvalue weighted by atomic mass is 10.1. The zero-order chi connectivity index (χ0) is 10.6. The summed E-state index contributed by atoms with van der Waals surface area (Å²) in [5.41, 5.74) is 0.992. The van der Waals surface area contributed by atoms with Gasteiger partial charge in [-0.05, 0) is 40.3 Å². The maximum absolute atomic E-state index is 11.2. The summed E-state index contributed by atoms with van der Waals surface area (Å²) in [6.07, 6.45) is 0.457. The van der Waals surface area contributed by atoms with E-state index in [9.17, 15) is 4.79 Å². The van der Waals surface area contributed by atoms with Gasteiger partial charge in [-0.25, -0.2) is 0 Å². The lowest BCUT2D eigenvalue weighted by Crippen LogP contribution is -2.03. The fourth-order valence-electron chi connectivity index (χ4n) is 1.09. The second-order valence-electron chi connectivity index (χ2n) is 2.82. The molecule has 0 spiro atoms. The Balaban J connectivity index is 2.84. The molecule has 0 atom stereocenters. The third kappa shape index (κ3) is 3.24. The van der Waals surface area contributed by atoms with E-state index < -0.39 is 0 Å². The summed E-state index contributed by atoms with van der Waals surface area (Å²) in [4.78, 5) is 11.2. The Labute approximate surface area is 105 Å². The predicted molar refractivity (Wildman–Crippen MR) is 68.2 cm³/mol. The van der Waals surface area contributed by atoms with Crippen LogP contribution in [0.15, 0.2) is 18.2 Å². The lowest BCUT2D eigenvalue weighted by molar-refractivity contribution is -0.115. The predicted octanol–water partition coefficient (Wildman–Crippen LogP) is 2.81. The molecule has 0 fully saturated rings. The van der Waals surface area contributed by atoms with E-state index in [0.717, 1.165) is 14.9 Å². The van der Waals surface area contributed by atoms with Crippen molar-refractivity contribution in [1.82, 2.24) is 0 Å². The van der Waals surface area contributed by atoms with Crippen LogP contribution in [0.3, 0.4) is 0 Å². The Morgan fingerprint density at radius 1 is 1.57 bits per heavy atom. The quantitative estimate of drug-likeness (QED) is 0.603. The third-order valence-electron chi connectivity index (χ3n) is 1.77. The van der Waals surface area contributed by atoms with E-state index in [4.69, 9.17) is 4.74 Å². The number of hydrogen-bond donors (Lipinski definition) is 0. The first kappa shape index (κ1) is 12.0. The molecule has 0 aliphatic rings. The van der Waals surface area contributed by atoms with Crippen LogP contribution in [0.1, 0.15) is 5.56 Å². The van der Waals surface area contributed by atoms with Crippen LogP contribution in [-0.2, 0) is 11.2 Å². The number of Topliss-reactive ketones (excluding diaryl/α,β-unsaturated/α-hetero) is 1. The molecule has 0 aliphatic carbocycles. The van der Waals surface area contributed by atoms with Crippen molar-refractivity contribution < 1.29 is 9.53 Å². The molecule has 0 amide bonds. The number of carbonyl (C=O) groups is 1. The summed E-state index contributed by atoms with van der Waals surface area (Å²) in [6.45, 7) is 0. The van der Waals surface area contributed by atoms with Crippen LogP contribution < -0.4 is 4.74 Å². The molecule has 0 aliphatic heterocycles. The van der Waals surface area contributed by atoms with Crippen molar-refractivity contribution in [2.24, 2.45) is 0 Å². The highest BCUT2D eigenvalue weighted by atomic mass is 127. The van der Waals surface area contributed by atoms with E-state index in [2.05, 4.69) is 38.5 Å². The molecule has 76 valence electrons. The molecule has 0 N–H and O–H groups in total. The maximum atomic E-state index is 11.2. The van der Waals surface area contributed by atoms with Gasteiger partial charge in [-0.3, -0.25) is 4.79 Å². The molecule has 1 aromatic carbocycles. The second kappa shape index (κ2) is 5.70. The SMILES string of the molecule is COc1cc(CC(=O)CBr)ccc1I. The number of benzene rings is 1. The molecule has 14 heavy (non-hydrogen) atoms. The Bertz CT molecular complexity index is 339. The number of ketones is 1. The van der Waals surface area contributed by atoms with Crippen LogP contribution in [0.2, 0.25) is 0 Å². The average molecular weight is 369 g/mol. The smallest absolute Gasteiger partial charge is 0.147 e. The van der Waals surface area contributed by atoms with E-state index in [0.29, 0.717) is 11.8 Å². The molecule has 0 bridgehead atoms. The lowest BCUT2D eigenvalue weighted by Gasteiger charge is -2.05. The van der Waals surface area contributed by atoms with Crippen molar-refractivity contribution in [3.63, 3.8) is 0 Å². The Morgan fingerprint density at radius 2 is 2.29 bits per heavy atom. The molecule has 0 heterocycles. The van der Waals surface area contributed by atoms with E-state index in [1.54, 1.807) is 7.11 Å². The van der Waals surface area contributed by atoms with E-state index >= 15 is 0 Å². The van der Waals surface area contributed by atoms with Crippen LogP contribution in [0.25, 0.3) is 0 Å². The molecule has 0 saturated heterocycles. The highest BCUT2D eigenvalue weighted by Crippen LogP contribution is 2.22. The summed E-state index contributed by atoms with van der Waals surface area (Å²) in [5, 5.41) is 0.404. The van der Waals surface area contributed by atoms with Gasteiger partial charge in [0.05, 0.1) is 16.0 Å². The van der Waals surface area contributed by atoms with Gasteiger partial charge in [-0.15, -0.1) is 0 Å². The molecule has 0 aromatic heterocycles. The number of hydrogen-bond acceptors (Lipinski definition) is 2. The summed E-state index contributed by atoms with van der Waals surface area (Å²) in [5.74, 6) is 0.999. The Kier molecular flexibility index (Phi) is 4.88. The first-order valence-corrected chi connectivity index (χ1v) is 6.27. The van der Waals surface area contributed by atoms with Gasteiger partial charge >= 0.3 is 0 Å². The first-order chi connectivity index (χ1) is 6.67. The van der Waals surface area contributed by atoms with Gasteiger partial charge in [0.25, 0.3) is 0 Å². The molecule has 1 aromatic rings. The number of halogens is 2. The first-order valence-electron chi connectivity index (χ1n) is 4.07. The standard InChI is InChI=1S/C10H10BrIO2/c1-14-10-5-7(2-3-9(10)12)4-8(13)6-11/h2-3,5H,4,6H2,1H3.